The molecule has 0 radical (unpaired) electrons. The summed E-state index contributed by atoms with van der Waals surface area (Å²) in [6.07, 6.45) is 0. The van der Waals surface area contributed by atoms with Crippen LogP contribution in [0.1, 0.15) is 5.56 Å². The highest BCUT2D eigenvalue weighted by molar-refractivity contribution is 9.10. The number of nitrogens with zero attached hydrogens (tertiary/aromatic N) is 1. The van der Waals surface area contributed by atoms with Gasteiger partial charge in [-0.25, -0.2) is 8.42 Å². The van der Waals surface area contributed by atoms with Gasteiger partial charge in [-0.15, -0.1) is 0 Å². The molecule has 7 heteroatoms. The summed E-state index contributed by atoms with van der Waals surface area (Å²) < 4.78 is 28.3. The van der Waals surface area contributed by atoms with Gasteiger partial charge in [-0.05, 0) is 36.4 Å². The van der Waals surface area contributed by atoms with Gasteiger partial charge in [0.25, 0.3) is 10.0 Å². The lowest BCUT2D eigenvalue weighted by molar-refractivity contribution is 0.601. The van der Waals surface area contributed by atoms with Gasteiger partial charge in [-0.1, -0.05) is 37.9 Å². The highest BCUT2D eigenvalue weighted by Crippen LogP contribution is 2.24. The second-order valence-electron chi connectivity index (χ2n) is 3.86. The van der Waals surface area contributed by atoms with Gasteiger partial charge in [0.15, 0.2) is 0 Å². The summed E-state index contributed by atoms with van der Waals surface area (Å²) in [5.74, 6) is 0. The summed E-state index contributed by atoms with van der Waals surface area (Å²) >= 11 is 6.48. The third-order valence-electron chi connectivity index (χ3n) is 2.45. The lowest BCUT2D eigenvalue weighted by atomic mass is 10.2. The van der Waals surface area contributed by atoms with E-state index >= 15 is 0 Å². The maximum absolute atomic E-state index is 12.3. The standard InChI is InChI=1S/C13H8Br2N2O2S/c14-10-2-1-3-12(6-10)20(18,19)17-13-7-11(15)5-4-9(13)8-16/h1-7,17H. The molecule has 0 unspecified atom stereocenters. The van der Waals surface area contributed by atoms with Gasteiger partial charge in [0, 0.05) is 8.95 Å². The van der Waals surface area contributed by atoms with E-state index in [9.17, 15) is 8.42 Å². The first-order chi connectivity index (χ1) is 9.42. The second kappa shape index (κ2) is 5.95. The topological polar surface area (TPSA) is 70.0 Å². The van der Waals surface area contributed by atoms with E-state index in [2.05, 4.69) is 36.6 Å². The summed E-state index contributed by atoms with van der Waals surface area (Å²) in [4.78, 5) is 0.121. The van der Waals surface area contributed by atoms with E-state index in [1.165, 1.54) is 12.1 Å². The van der Waals surface area contributed by atoms with E-state index in [1.54, 1.807) is 30.3 Å². The van der Waals surface area contributed by atoms with Crippen molar-refractivity contribution in [2.24, 2.45) is 0 Å². The highest BCUT2D eigenvalue weighted by atomic mass is 79.9. The SMILES string of the molecule is N#Cc1ccc(Br)cc1NS(=O)(=O)c1cccc(Br)c1. The van der Waals surface area contributed by atoms with Gasteiger partial charge in [-0.3, -0.25) is 4.72 Å². The molecule has 20 heavy (non-hydrogen) atoms. The minimum atomic E-state index is -3.74. The Bertz CT molecular complexity index is 798. The molecular weight excluding hydrogens is 408 g/mol. The molecule has 102 valence electrons. The quantitative estimate of drug-likeness (QED) is 0.826. The summed E-state index contributed by atoms with van der Waals surface area (Å²) in [7, 11) is -3.74. The molecule has 0 spiro atoms. The van der Waals surface area contributed by atoms with Crippen LogP contribution < -0.4 is 4.72 Å². The molecule has 1 N–H and O–H groups in total. The monoisotopic (exact) mass is 414 g/mol. The summed E-state index contributed by atoms with van der Waals surface area (Å²) in [6, 6.07) is 13.1. The molecule has 0 aliphatic rings. The number of nitrogens with one attached hydrogen (secondary N) is 1. The van der Waals surface area contributed by atoms with Crippen LogP contribution in [0.5, 0.6) is 0 Å². The van der Waals surface area contributed by atoms with E-state index in [0.717, 1.165) is 0 Å². The zero-order chi connectivity index (χ0) is 14.8. The molecule has 0 saturated carbocycles. The molecule has 2 aromatic rings. The Balaban J connectivity index is 2.44. The molecule has 2 rings (SSSR count). The zero-order valence-electron chi connectivity index (χ0n) is 9.97. The average molecular weight is 416 g/mol. The average Bonchev–Trinajstić information content (AvgIpc) is 2.38. The normalized spacial score (nSPS) is 10.8. The van der Waals surface area contributed by atoms with Gasteiger partial charge < -0.3 is 0 Å². The molecule has 0 amide bonds. The molecule has 0 aliphatic heterocycles. The summed E-state index contributed by atoms with van der Waals surface area (Å²) in [5.41, 5.74) is 0.494. The van der Waals surface area contributed by atoms with Crippen LogP contribution in [0.15, 0.2) is 56.3 Å². The number of hydrogen-bond donors (Lipinski definition) is 1. The van der Waals surface area contributed by atoms with E-state index in [0.29, 0.717) is 8.95 Å². The first-order valence-electron chi connectivity index (χ1n) is 5.40. The van der Waals surface area contributed by atoms with Crippen LogP contribution in [-0.4, -0.2) is 8.42 Å². The van der Waals surface area contributed by atoms with Crippen molar-refractivity contribution < 1.29 is 8.42 Å². The molecule has 4 nitrogen and oxygen atoms in total. The fourth-order valence-corrected chi connectivity index (χ4v) is 3.56. The Morgan fingerprint density at radius 1 is 1.05 bits per heavy atom. The summed E-state index contributed by atoms with van der Waals surface area (Å²) in [6.45, 7) is 0. The van der Waals surface area contributed by atoms with Gasteiger partial charge in [-0.2, -0.15) is 5.26 Å². The van der Waals surface area contributed by atoms with Crippen molar-refractivity contribution in [3.05, 3.63) is 57.0 Å². The van der Waals surface area contributed by atoms with Crippen LogP contribution in [0, 0.1) is 11.3 Å². The Labute approximate surface area is 133 Å². The van der Waals surface area contributed by atoms with E-state index in [4.69, 9.17) is 5.26 Å². The maximum Gasteiger partial charge on any atom is 0.261 e. The van der Waals surface area contributed by atoms with Crippen LogP contribution in [0.3, 0.4) is 0 Å². The predicted molar refractivity (Wildman–Crippen MR) is 83.8 cm³/mol. The number of benzene rings is 2. The molecular formula is C13H8Br2N2O2S. The minimum Gasteiger partial charge on any atom is -0.278 e. The number of hydrogen-bond acceptors (Lipinski definition) is 3. The van der Waals surface area contributed by atoms with Crippen LogP contribution in [0.25, 0.3) is 0 Å². The third kappa shape index (κ3) is 3.39. The van der Waals surface area contributed by atoms with Gasteiger partial charge >= 0.3 is 0 Å². The van der Waals surface area contributed by atoms with Crippen LogP contribution in [-0.2, 0) is 10.0 Å². The fraction of sp³-hybridized carbons (Fsp3) is 0. The van der Waals surface area contributed by atoms with Gasteiger partial charge in [0.05, 0.1) is 16.1 Å². The van der Waals surface area contributed by atoms with Crippen molar-refractivity contribution >= 4 is 47.6 Å². The number of sulfonamides is 1. The smallest absolute Gasteiger partial charge is 0.261 e. The Kier molecular flexibility index (Phi) is 4.48. The molecule has 0 atom stereocenters. The lowest BCUT2D eigenvalue weighted by Gasteiger charge is -2.10. The molecule has 0 heterocycles. The van der Waals surface area contributed by atoms with Crippen molar-refractivity contribution in [2.45, 2.75) is 4.90 Å². The van der Waals surface area contributed by atoms with Crippen molar-refractivity contribution in [3.63, 3.8) is 0 Å². The minimum absolute atomic E-state index is 0.121. The van der Waals surface area contributed by atoms with Crippen molar-refractivity contribution in [1.29, 1.82) is 5.26 Å². The van der Waals surface area contributed by atoms with E-state index in [-0.39, 0.29) is 16.1 Å². The van der Waals surface area contributed by atoms with Crippen molar-refractivity contribution in [3.8, 4) is 6.07 Å². The largest absolute Gasteiger partial charge is 0.278 e. The highest BCUT2D eigenvalue weighted by Gasteiger charge is 2.16. The summed E-state index contributed by atoms with van der Waals surface area (Å²) in [5, 5.41) is 9.01. The molecule has 0 bridgehead atoms. The second-order valence-corrected chi connectivity index (χ2v) is 7.38. The number of anilines is 1. The molecule has 0 aromatic heterocycles. The zero-order valence-corrected chi connectivity index (χ0v) is 14.0. The predicted octanol–water partition coefficient (Wildman–Crippen LogP) is 3.88. The first-order valence-corrected chi connectivity index (χ1v) is 8.47. The number of nitriles is 1. The first kappa shape index (κ1) is 15.0. The fourth-order valence-electron chi connectivity index (χ4n) is 1.54. The maximum atomic E-state index is 12.3. The van der Waals surface area contributed by atoms with Crippen molar-refractivity contribution in [2.75, 3.05) is 4.72 Å². The Morgan fingerprint density at radius 2 is 1.75 bits per heavy atom. The van der Waals surface area contributed by atoms with Crippen LogP contribution in [0.2, 0.25) is 0 Å². The van der Waals surface area contributed by atoms with Crippen LogP contribution >= 0.6 is 31.9 Å². The number of halogens is 2. The molecule has 0 aliphatic carbocycles. The van der Waals surface area contributed by atoms with E-state index < -0.39 is 10.0 Å². The van der Waals surface area contributed by atoms with E-state index in [1.807, 2.05) is 6.07 Å². The van der Waals surface area contributed by atoms with Gasteiger partial charge in [0.1, 0.15) is 6.07 Å². The Hall–Kier alpha value is -1.36. The third-order valence-corrected chi connectivity index (χ3v) is 4.80. The Morgan fingerprint density at radius 3 is 2.40 bits per heavy atom. The van der Waals surface area contributed by atoms with Crippen molar-refractivity contribution in [1.82, 2.24) is 0 Å². The van der Waals surface area contributed by atoms with Crippen LogP contribution in [0.4, 0.5) is 5.69 Å². The van der Waals surface area contributed by atoms with Gasteiger partial charge in [0.2, 0.25) is 0 Å². The number of rotatable bonds is 3. The lowest BCUT2D eigenvalue weighted by Crippen LogP contribution is -2.13. The molecule has 0 saturated heterocycles. The molecule has 0 fully saturated rings. The molecule has 2 aromatic carbocycles.